The molecule has 0 aliphatic heterocycles. The first-order valence-corrected chi connectivity index (χ1v) is 7.52. The molecule has 0 bridgehead atoms. The zero-order valence-electron chi connectivity index (χ0n) is 13.4. The molecule has 0 saturated heterocycles. The van der Waals surface area contributed by atoms with Gasteiger partial charge in [-0.05, 0) is 17.7 Å². The van der Waals surface area contributed by atoms with Gasteiger partial charge in [0.15, 0.2) is 5.78 Å². The Morgan fingerprint density at radius 2 is 1.54 bits per heavy atom. The minimum atomic E-state index is -0.924. The predicted molar refractivity (Wildman–Crippen MR) is 87.8 cm³/mol. The quantitative estimate of drug-likeness (QED) is 0.424. The van der Waals surface area contributed by atoms with Crippen molar-refractivity contribution in [3.8, 4) is 5.75 Å². The molecule has 2 aromatic carbocycles. The largest absolute Gasteiger partial charge is 0.496 e. The Balaban J connectivity index is 1.83. The number of carbonyl (C=O) groups is 3. The van der Waals surface area contributed by atoms with E-state index in [1.54, 1.807) is 36.4 Å². The number of Topliss-reactive ketones (excluding diaryl/α,β-unsaturated/α-hetero) is 2. The van der Waals surface area contributed by atoms with Gasteiger partial charge in [-0.2, -0.15) is 0 Å². The van der Waals surface area contributed by atoms with Crippen LogP contribution in [0.2, 0.25) is 0 Å². The third-order valence-corrected chi connectivity index (χ3v) is 3.43. The molecule has 2 rings (SSSR count). The molecule has 124 valence electrons. The van der Waals surface area contributed by atoms with Gasteiger partial charge in [0.1, 0.15) is 12.4 Å². The van der Waals surface area contributed by atoms with Gasteiger partial charge in [-0.25, -0.2) is 4.79 Å². The minimum Gasteiger partial charge on any atom is -0.496 e. The van der Waals surface area contributed by atoms with Crippen molar-refractivity contribution in [3.63, 3.8) is 0 Å². The van der Waals surface area contributed by atoms with E-state index in [0.29, 0.717) is 11.3 Å². The molecule has 0 spiro atoms. The fraction of sp³-hybridized carbons (Fsp3) is 0.211. The van der Waals surface area contributed by atoms with Gasteiger partial charge in [0.25, 0.3) is 0 Å². The van der Waals surface area contributed by atoms with E-state index in [2.05, 4.69) is 0 Å². The lowest BCUT2D eigenvalue weighted by Crippen LogP contribution is -2.18. The van der Waals surface area contributed by atoms with Crippen LogP contribution < -0.4 is 4.74 Å². The Morgan fingerprint density at radius 3 is 2.25 bits per heavy atom. The second-order valence-electron chi connectivity index (χ2n) is 5.11. The van der Waals surface area contributed by atoms with Gasteiger partial charge in [-0.1, -0.05) is 42.5 Å². The molecule has 0 saturated carbocycles. The fourth-order valence-corrected chi connectivity index (χ4v) is 2.14. The Hall–Kier alpha value is -2.95. The second kappa shape index (κ2) is 8.62. The summed E-state index contributed by atoms with van der Waals surface area (Å²) >= 11 is 0. The molecule has 0 aromatic heterocycles. The molecule has 2 aromatic rings. The number of esters is 1. The van der Waals surface area contributed by atoms with Crippen molar-refractivity contribution in [2.45, 2.75) is 19.4 Å². The number of rotatable bonds is 8. The van der Waals surface area contributed by atoms with E-state index in [1.165, 1.54) is 7.11 Å². The van der Waals surface area contributed by atoms with Crippen LogP contribution in [-0.4, -0.2) is 24.6 Å². The summed E-state index contributed by atoms with van der Waals surface area (Å²) in [6, 6.07) is 15.8. The molecule has 0 aliphatic rings. The van der Waals surface area contributed by atoms with Crippen LogP contribution in [0.4, 0.5) is 0 Å². The van der Waals surface area contributed by atoms with Gasteiger partial charge in [-0.3, -0.25) is 9.59 Å². The average molecular weight is 326 g/mol. The summed E-state index contributed by atoms with van der Waals surface area (Å²) in [4.78, 5) is 35.6. The van der Waals surface area contributed by atoms with Crippen LogP contribution in [0.5, 0.6) is 5.75 Å². The molecule has 0 radical (unpaired) electrons. The monoisotopic (exact) mass is 326 g/mol. The highest BCUT2D eigenvalue weighted by atomic mass is 16.5. The van der Waals surface area contributed by atoms with Crippen LogP contribution in [0.15, 0.2) is 54.6 Å². The highest BCUT2D eigenvalue weighted by molar-refractivity contribution is 6.34. The summed E-state index contributed by atoms with van der Waals surface area (Å²) in [7, 11) is 1.47. The Bertz CT molecular complexity index is 722. The maximum Gasteiger partial charge on any atom is 0.374 e. The first-order chi connectivity index (χ1) is 11.6. The first kappa shape index (κ1) is 17.4. The number of carbonyl (C=O) groups excluding carboxylic acids is 3. The van der Waals surface area contributed by atoms with Crippen molar-refractivity contribution in [2.75, 3.05) is 7.11 Å². The third-order valence-electron chi connectivity index (χ3n) is 3.43. The van der Waals surface area contributed by atoms with Crippen molar-refractivity contribution in [1.82, 2.24) is 0 Å². The summed E-state index contributed by atoms with van der Waals surface area (Å²) in [5.74, 6) is -1.45. The molecule has 0 heterocycles. The van der Waals surface area contributed by atoms with Crippen LogP contribution in [0.25, 0.3) is 0 Å². The highest BCUT2D eigenvalue weighted by Crippen LogP contribution is 2.19. The second-order valence-corrected chi connectivity index (χ2v) is 5.11. The van der Waals surface area contributed by atoms with Crippen LogP contribution in [-0.2, 0) is 20.9 Å². The number of ether oxygens (including phenoxy) is 2. The Kier molecular flexibility index (Phi) is 6.25. The molecular weight excluding hydrogens is 308 g/mol. The highest BCUT2D eigenvalue weighted by Gasteiger charge is 2.19. The normalized spacial score (nSPS) is 10.0. The van der Waals surface area contributed by atoms with E-state index in [-0.39, 0.29) is 25.2 Å². The topological polar surface area (TPSA) is 69.7 Å². The number of hydrogen-bond acceptors (Lipinski definition) is 5. The summed E-state index contributed by atoms with van der Waals surface area (Å²) in [6.45, 7) is 0.0336. The number of hydrogen-bond donors (Lipinski definition) is 0. The third kappa shape index (κ3) is 4.78. The molecule has 0 atom stereocenters. The van der Waals surface area contributed by atoms with Crippen LogP contribution in [0, 0.1) is 0 Å². The molecule has 5 heteroatoms. The summed E-state index contributed by atoms with van der Waals surface area (Å²) in [6.07, 6.45) is -0.260. The zero-order valence-corrected chi connectivity index (χ0v) is 13.4. The van der Waals surface area contributed by atoms with E-state index in [1.807, 2.05) is 18.2 Å². The molecule has 0 aliphatic carbocycles. The van der Waals surface area contributed by atoms with E-state index in [9.17, 15) is 14.4 Å². The predicted octanol–water partition coefficient (Wildman–Crippen LogP) is 2.97. The van der Waals surface area contributed by atoms with Gasteiger partial charge < -0.3 is 9.47 Å². The fourth-order valence-electron chi connectivity index (χ4n) is 2.14. The Labute approximate surface area is 140 Å². The Morgan fingerprint density at radius 1 is 0.875 bits per heavy atom. The smallest absolute Gasteiger partial charge is 0.374 e. The summed E-state index contributed by atoms with van der Waals surface area (Å²) in [5.41, 5.74) is 1.19. The van der Waals surface area contributed by atoms with Crippen molar-refractivity contribution in [2.24, 2.45) is 0 Å². The number of methoxy groups -OCH3 is 1. The molecule has 0 fully saturated rings. The van der Waals surface area contributed by atoms with Gasteiger partial charge >= 0.3 is 5.97 Å². The SMILES string of the molecule is COc1ccccc1C(=O)CCC(=O)C(=O)OCc1ccccc1. The van der Waals surface area contributed by atoms with E-state index >= 15 is 0 Å². The van der Waals surface area contributed by atoms with Crippen molar-refractivity contribution in [1.29, 1.82) is 0 Å². The van der Waals surface area contributed by atoms with Crippen LogP contribution in [0.1, 0.15) is 28.8 Å². The van der Waals surface area contributed by atoms with E-state index in [4.69, 9.17) is 9.47 Å². The standard InChI is InChI=1S/C19H18O5/c1-23-18-10-6-5-9-15(18)16(20)11-12-17(21)19(22)24-13-14-7-3-2-4-8-14/h2-10H,11-13H2,1H3. The number of para-hydroxylation sites is 1. The summed E-state index contributed by atoms with van der Waals surface area (Å²) < 4.78 is 10.1. The molecule has 0 amide bonds. The lowest BCUT2D eigenvalue weighted by Gasteiger charge is -2.07. The minimum absolute atomic E-state index is 0.0336. The number of benzene rings is 2. The van der Waals surface area contributed by atoms with Crippen LogP contribution in [0.3, 0.4) is 0 Å². The van der Waals surface area contributed by atoms with Gasteiger partial charge in [0.05, 0.1) is 12.7 Å². The van der Waals surface area contributed by atoms with Gasteiger partial charge in [-0.15, -0.1) is 0 Å². The molecule has 0 N–H and O–H groups in total. The van der Waals surface area contributed by atoms with Crippen LogP contribution >= 0.6 is 0 Å². The molecule has 24 heavy (non-hydrogen) atoms. The lowest BCUT2D eigenvalue weighted by atomic mass is 10.0. The number of ketones is 2. The maximum atomic E-state index is 12.1. The van der Waals surface area contributed by atoms with Crippen molar-refractivity contribution in [3.05, 3.63) is 65.7 Å². The van der Waals surface area contributed by atoms with Crippen molar-refractivity contribution < 1.29 is 23.9 Å². The van der Waals surface area contributed by atoms with Crippen molar-refractivity contribution >= 4 is 17.5 Å². The lowest BCUT2D eigenvalue weighted by molar-refractivity contribution is -0.154. The zero-order chi connectivity index (χ0) is 17.4. The maximum absolute atomic E-state index is 12.1. The molecular formula is C19H18O5. The van der Waals surface area contributed by atoms with E-state index < -0.39 is 11.8 Å². The molecule has 5 nitrogen and oxygen atoms in total. The first-order valence-electron chi connectivity index (χ1n) is 7.52. The molecule has 0 unspecified atom stereocenters. The van der Waals surface area contributed by atoms with Gasteiger partial charge in [0.2, 0.25) is 5.78 Å². The van der Waals surface area contributed by atoms with Gasteiger partial charge in [0, 0.05) is 12.8 Å². The summed E-state index contributed by atoms with van der Waals surface area (Å²) in [5, 5.41) is 0. The van der Waals surface area contributed by atoms with E-state index in [0.717, 1.165) is 5.56 Å². The average Bonchev–Trinajstić information content (AvgIpc) is 2.64.